The minimum Gasteiger partial charge on any atom is -0.250 e. The van der Waals surface area contributed by atoms with E-state index in [0.29, 0.717) is 6.61 Å². The Morgan fingerprint density at radius 2 is 2.46 bits per heavy atom. The van der Waals surface area contributed by atoms with Crippen molar-refractivity contribution >= 4 is 23.6 Å². The van der Waals surface area contributed by atoms with Crippen molar-refractivity contribution in [3.05, 3.63) is 16.6 Å². The Bertz CT molecular complexity index is 216. The van der Waals surface area contributed by atoms with Crippen LogP contribution in [0.25, 0.3) is 0 Å². The molecule has 0 unspecified atom stereocenters. The van der Waals surface area contributed by atoms with Crippen molar-refractivity contribution in [3.8, 4) is 0 Å². The summed E-state index contributed by atoms with van der Waals surface area (Å²) in [6, 6.07) is 0. The van der Waals surface area contributed by atoms with Gasteiger partial charge in [-0.05, 0) is 14.1 Å². The van der Waals surface area contributed by atoms with Crippen LogP contribution in [0.15, 0.2) is 10.9 Å². The Morgan fingerprint density at radius 1 is 1.62 bits per heavy atom. The molecular formula is C7H12N2O2S2. The molecule has 0 saturated carbocycles. The Kier molecular flexibility index (Phi) is 5.33. The summed E-state index contributed by atoms with van der Waals surface area (Å²) in [5, 5.41) is 2.00. The zero-order chi connectivity index (χ0) is 9.52. The van der Waals surface area contributed by atoms with Crippen LogP contribution in [0.1, 0.15) is 5.69 Å². The summed E-state index contributed by atoms with van der Waals surface area (Å²) < 4.78 is 6.62. The van der Waals surface area contributed by atoms with E-state index in [2.05, 4.69) is 4.98 Å². The van der Waals surface area contributed by atoms with Crippen LogP contribution in [-0.4, -0.2) is 30.0 Å². The lowest BCUT2D eigenvalue weighted by Gasteiger charge is -2.05. The van der Waals surface area contributed by atoms with Gasteiger partial charge in [-0.15, -0.1) is 15.7 Å². The number of nitrogens with zero attached hydrogens (tertiary/aromatic N) is 2. The first kappa shape index (κ1) is 10.9. The summed E-state index contributed by atoms with van der Waals surface area (Å²) in [6.45, 7) is 0.532. The second kappa shape index (κ2) is 6.33. The molecular weight excluding hydrogens is 208 g/mol. The van der Waals surface area contributed by atoms with Crippen molar-refractivity contribution in [1.82, 2.24) is 9.29 Å². The average molecular weight is 220 g/mol. The molecule has 0 aliphatic carbocycles. The minimum atomic E-state index is 0.532. The van der Waals surface area contributed by atoms with E-state index in [9.17, 15) is 0 Å². The van der Waals surface area contributed by atoms with E-state index in [1.807, 2.05) is 29.3 Å². The van der Waals surface area contributed by atoms with Crippen molar-refractivity contribution in [2.75, 3.05) is 20.7 Å². The number of rotatable bonds is 6. The minimum absolute atomic E-state index is 0.532. The molecule has 0 radical (unpaired) electrons. The van der Waals surface area contributed by atoms with Crippen LogP contribution >= 0.6 is 23.6 Å². The number of hydrogen-bond donors (Lipinski definition) is 0. The van der Waals surface area contributed by atoms with Crippen LogP contribution in [0.3, 0.4) is 0 Å². The Balaban J connectivity index is 1.96. The van der Waals surface area contributed by atoms with Crippen LogP contribution in [0.4, 0.5) is 0 Å². The lowest BCUT2D eigenvalue weighted by molar-refractivity contribution is -0.192. The summed E-state index contributed by atoms with van der Waals surface area (Å²) in [4.78, 5) is 9.02. The fraction of sp³-hybridized carbons (Fsp3) is 0.571. The second-order valence-corrected chi connectivity index (χ2v) is 4.24. The second-order valence-electron chi connectivity index (χ2n) is 2.51. The molecule has 1 rings (SSSR count). The highest BCUT2D eigenvalue weighted by Crippen LogP contribution is 2.06. The largest absolute Gasteiger partial charge is 0.250 e. The highest BCUT2D eigenvalue weighted by Gasteiger charge is 1.96. The van der Waals surface area contributed by atoms with Crippen molar-refractivity contribution in [1.29, 1.82) is 0 Å². The quantitative estimate of drug-likeness (QED) is 0.240. The predicted molar refractivity (Wildman–Crippen MR) is 54.1 cm³/mol. The van der Waals surface area contributed by atoms with E-state index in [4.69, 9.17) is 9.22 Å². The molecule has 0 saturated heterocycles. The predicted octanol–water partition coefficient (Wildman–Crippen LogP) is 1.76. The fourth-order valence-corrected chi connectivity index (χ4v) is 1.45. The molecule has 0 fully saturated rings. The maximum absolute atomic E-state index is 4.90. The van der Waals surface area contributed by atoms with Gasteiger partial charge in [0.05, 0.1) is 17.8 Å². The van der Waals surface area contributed by atoms with E-state index >= 15 is 0 Å². The molecule has 0 N–H and O–H groups in total. The van der Waals surface area contributed by atoms with Crippen LogP contribution in [0.5, 0.6) is 0 Å². The van der Waals surface area contributed by atoms with Crippen LogP contribution in [-0.2, 0) is 15.6 Å². The van der Waals surface area contributed by atoms with E-state index < -0.39 is 0 Å². The van der Waals surface area contributed by atoms with Gasteiger partial charge in [0.25, 0.3) is 0 Å². The van der Waals surface area contributed by atoms with E-state index in [0.717, 1.165) is 24.3 Å². The summed E-state index contributed by atoms with van der Waals surface area (Å²) in [7, 11) is 3.77. The lowest BCUT2D eigenvalue weighted by atomic mass is 10.4. The SMILES string of the molecule is CN(C)SOOCCc1cscn1. The Hall–Kier alpha value is -0.140. The van der Waals surface area contributed by atoms with Crippen molar-refractivity contribution in [3.63, 3.8) is 0 Å². The monoisotopic (exact) mass is 220 g/mol. The van der Waals surface area contributed by atoms with Gasteiger partial charge in [-0.2, -0.15) is 0 Å². The standard InChI is InChI=1S/C7H12N2O2S2/c1-9(2)13-11-10-4-3-7-5-12-6-8-7/h5-6H,3-4H2,1-2H3. The van der Waals surface area contributed by atoms with Gasteiger partial charge in [-0.1, -0.05) is 0 Å². The molecule has 74 valence electrons. The molecule has 0 aliphatic rings. The van der Waals surface area contributed by atoms with E-state index in [-0.39, 0.29) is 0 Å². The van der Waals surface area contributed by atoms with Crippen LogP contribution < -0.4 is 0 Å². The van der Waals surface area contributed by atoms with Gasteiger partial charge >= 0.3 is 0 Å². The smallest absolute Gasteiger partial charge is 0.120 e. The summed E-state index contributed by atoms with van der Waals surface area (Å²) in [5.74, 6) is 0. The molecule has 1 aromatic rings. The normalized spacial score (nSPS) is 11.0. The summed E-state index contributed by atoms with van der Waals surface area (Å²) in [6.07, 6.45) is 0.789. The fourth-order valence-electron chi connectivity index (χ4n) is 0.624. The molecule has 0 spiro atoms. The maximum atomic E-state index is 4.90. The molecule has 0 amide bonds. The molecule has 1 aromatic heterocycles. The summed E-state index contributed by atoms with van der Waals surface area (Å²) >= 11 is 2.75. The molecule has 0 atom stereocenters. The summed E-state index contributed by atoms with van der Waals surface area (Å²) in [5.41, 5.74) is 2.86. The topological polar surface area (TPSA) is 34.6 Å². The van der Waals surface area contributed by atoms with Crippen LogP contribution in [0, 0.1) is 0 Å². The Labute approximate surface area is 86.1 Å². The number of thiazole rings is 1. The van der Waals surface area contributed by atoms with Crippen LogP contribution in [0.2, 0.25) is 0 Å². The number of hydrogen-bond acceptors (Lipinski definition) is 6. The van der Waals surface area contributed by atoms with Gasteiger partial charge in [-0.25, -0.2) is 14.2 Å². The first-order valence-electron chi connectivity index (χ1n) is 3.79. The zero-order valence-corrected chi connectivity index (χ0v) is 9.23. The molecule has 4 nitrogen and oxygen atoms in total. The van der Waals surface area contributed by atoms with Crippen molar-refractivity contribution in [2.24, 2.45) is 0 Å². The van der Waals surface area contributed by atoms with Gasteiger partial charge in [0, 0.05) is 11.8 Å². The molecule has 1 heterocycles. The third-order valence-electron chi connectivity index (χ3n) is 1.15. The molecule has 13 heavy (non-hydrogen) atoms. The van der Waals surface area contributed by atoms with Crippen molar-refractivity contribution < 1.29 is 9.22 Å². The average Bonchev–Trinajstić information content (AvgIpc) is 2.55. The Morgan fingerprint density at radius 3 is 3.08 bits per heavy atom. The zero-order valence-electron chi connectivity index (χ0n) is 7.60. The maximum Gasteiger partial charge on any atom is 0.120 e. The third kappa shape index (κ3) is 5.22. The van der Waals surface area contributed by atoms with Gasteiger partial charge in [0.1, 0.15) is 12.2 Å². The molecule has 0 aromatic carbocycles. The molecule has 0 aliphatic heterocycles. The first-order chi connectivity index (χ1) is 6.29. The molecule has 6 heteroatoms. The van der Waals surface area contributed by atoms with Gasteiger partial charge in [0.2, 0.25) is 0 Å². The first-order valence-corrected chi connectivity index (χ1v) is 5.44. The highest BCUT2D eigenvalue weighted by atomic mass is 32.2. The molecule has 0 bridgehead atoms. The van der Waals surface area contributed by atoms with Crippen molar-refractivity contribution in [2.45, 2.75) is 6.42 Å². The van der Waals surface area contributed by atoms with E-state index in [1.54, 1.807) is 11.3 Å². The third-order valence-corrected chi connectivity index (χ3v) is 2.24. The lowest BCUT2D eigenvalue weighted by Crippen LogP contribution is -2.03. The van der Waals surface area contributed by atoms with Gasteiger partial charge in [0.15, 0.2) is 0 Å². The number of aromatic nitrogens is 1. The highest BCUT2D eigenvalue weighted by molar-refractivity contribution is 7.92. The van der Waals surface area contributed by atoms with Gasteiger partial charge in [-0.3, -0.25) is 0 Å². The van der Waals surface area contributed by atoms with E-state index in [1.165, 1.54) is 0 Å². The van der Waals surface area contributed by atoms with Gasteiger partial charge < -0.3 is 0 Å².